The summed E-state index contributed by atoms with van der Waals surface area (Å²) >= 11 is 0. The third-order valence-corrected chi connectivity index (χ3v) is 2.95. The lowest BCUT2D eigenvalue weighted by Gasteiger charge is -2.04. The van der Waals surface area contributed by atoms with Crippen molar-refractivity contribution in [2.45, 2.75) is 6.92 Å². The molecule has 0 unspecified atom stereocenters. The van der Waals surface area contributed by atoms with Gasteiger partial charge in [0.15, 0.2) is 0 Å². The highest BCUT2D eigenvalue weighted by molar-refractivity contribution is 6.06. The first-order valence-electron chi connectivity index (χ1n) is 6.19. The first-order valence-corrected chi connectivity index (χ1v) is 6.19. The molecule has 96 valence electrons. The van der Waals surface area contributed by atoms with E-state index in [4.69, 9.17) is 4.74 Å². The van der Waals surface area contributed by atoms with Gasteiger partial charge in [0.2, 0.25) is 0 Å². The lowest BCUT2D eigenvalue weighted by atomic mass is 9.96. The lowest BCUT2D eigenvalue weighted by Crippen LogP contribution is -2.00. The Balaban J connectivity index is 2.54. The van der Waals surface area contributed by atoms with Gasteiger partial charge in [0.1, 0.15) is 6.61 Å². The molecule has 19 heavy (non-hydrogen) atoms. The van der Waals surface area contributed by atoms with Crippen molar-refractivity contribution >= 4 is 11.5 Å². The molecule has 1 aromatic carbocycles. The normalized spacial score (nSPS) is 16.1. The molecule has 0 saturated carbocycles. The predicted octanol–water partition coefficient (Wildman–Crippen LogP) is 3.69. The molecule has 0 fully saturated rings. The van der Waals surface area contributed by atoms with Crippen LogP contribution >= 0.6 is 0 Å². The number of hydrogen-bond donors (Lipinski definition) is 0. The van der Waals surface area contributed by atoms with Crippen LogP contribution in [0.15, 0.2) is 72.4 Å². The van der Waals surface area contributed by atoms with Crippen LogP contribution in [0.2, 0.25) is 0 Å². The molecule has 0 amide bonds. The lowest BCUT2D eigenvalue weighted by molar-refractivity contribution is -0.135. The van der Waals surface area contributed by atoms with Gasteiger partial charge >= 0.3 is 5.97 Å². The molecule has 2 heteroatoms. The van der Waals surface area contributed by atoms with Crippen LogP contribution in [0.5, 0.6) is 0 Å². The maximum absolute atomic E-state index is 11.9. The molecule has 2 nitrogen and oxygen atoms in total. The smallest absolute Gasteiger partial charge is 0.339 e. The number of cyclic esters (lactones) is 1. The number of ether oxygens (including phenoxy) is 1. The van der Waals surface area contributed by atoms with E-state index in [1.807, 2.05) is 55.5 Å². The van der Waals surface area contributed by atoms with Crippen molar-refractivity contribution in [3.63, 3.8) is 0 Å². The van der Waals surface area contributed by atoms with Gasteiger partial charge in [-0.3, -0.25) is 0 Å². The summed E-state index contributed by atoms with van der Waals surface area (Å²) in [5.74, 6) is -0.283. The van der Waals surface area contributed by atoms with E-state index in [0.29, 0.717) is 12.2 Å². The second kappa shape index (κ2) is 6.01. The van der Waals surface area contributed by atoms with Crippen molar-refractivity contribution in [3.05, 3.63) is 77.9 Å². The molecule has 2 rings (SSSR count). The van der Waals surface area contributed by atoms with E-state index in [-0.39, 0.29) is 5.97 Å². The van der Waals surface area contributed by atoms with E-state index in [1.165, 1.54) is 0 Å². The average molecular weight is 252 g/mol. The van der Waals surface area contributed by atoms with Crippen LogP contribution in [0, 0.1) is 0 Å². The van der Waals surface area contributed by atoms with Crippen molar-refractivity contribution in [1.29, 1.82) is 0 Å². The van der Waals surface area contributed by atoms with Crippen molar-refractivity contribution < 1.29 is 9.53 Å². The Bertz CT molecular complexity index is 575. The quantitative estimate of drug-likeness (QED) is 0.603. The number of rotatable bonds is 4. The number of allylic oxidation sites excluding steroid dienone is 4. The second-order valence-corrected chi connectivity index (χ2v) is 4.15. The monoisotopic (exact) mass is 252 g/mol. The molecule has 0 saturated heterocycles. The van der Waals surface area contributed by atoms with Crippen LogP contribution < -0.4 is 0 Å². The fraction of sp³-hybridized carbons (Fsp3) is 0.118. The fourth-order valence-electron chi connectivity index (χ4n) is 2.02. The van der Waals surface area contributed by atoms with E-state index < -0.39 is 0 Å². The molecule has 0 aliphatic carbocycles. The molecule has 0 N–H and O–H groups in total. The summed E-state index contributed by atoms with van der Waals surface area (Å²) in [7, 11) is 0. The minimum absolute atomic E-state index is 0.283. The highest BCUT2D eigenvalue weighted by atomic mass is 16.5. The highest BCUT2D eigenvalue weighted by Crippen LogP contribution is 2.30. The molecule has 0 radical (unpaired) electrons. The molecule has 0 aromatic heterocycles. The molecule has 1 aromatic rings. The Morgan fingerprint density at radius 2 is 2.05 bits per heavy atom. The SMILES string of the molecule is C=C/C(=C\C=C/C)C1=C(c2ccccc2)COC1=O. The first kappa shape index (κ1) is 13.1. The van der Waals surface area contributed by atoms with E-state index in [2.05, 4.69) is 6.58 Å². The standard InChI is InChI=1S/C17H16O2/c1-3-5-9-13(4-2)16-15(12-19-17(16)18)14-10-7-6-8-11-14/h3-11H,2,12H2,1H3/b5-3-,13-9+. The average Bonchev–Trinajstić information content (AvgIpc) is 2.83. The Hall–Kier alpha value is -2.35. The van der Waals surface area contributed by atoms with Crippen molar-refractivity contribution in [3.8, 4) is 0 Å². The summed E-state index contributed by atoms with van der Waals surface area (Å²) in [6, 6.07) is 9.81. The Morgan fingerprint density at radius 3 is 2.68 bits per heavy atom. The Kier molecular flexibility index (Phi) is 4.14. The number of hydrogen-bond acceptors (Lipinski definition) is 2. The Labute approximate surface area is 113 Å². The highest BCUT2D eigenvalue weighted by Gasteiger charge is 2.27. The molecular weight excluding hydrogens is 236 g/mol. The van der Waals surface area contributed by atoms with Crippen molar-refractivity contribution in [2.75, 3.05) is 6.61 Å². The summed E-state index contributed by atoms with van der Waals surface area (Å²) in [5, 5.41) is 0. The van der Waals surface area contributed by atoms with Crippen LogP contribution in [-0.4, -0.2) is 12.6 Å². The largest absolute Gasteiger partial charge is 0.457 e. The van der Waals surface area contributed by atoms with Crippen LogP contribution in [-0.2, 0) is 9.53 Å². The minimum atomic E-state index is -0.283. The minimum Gasteiger partial charge on any atom is -0.457 e. The maximum Gasteiger partial charge on any atom is 0.339 e. The summed E-state index contributed by atoms with van der Waals surface area (Å²) in [5.41, 5.74) is 3.33. The second-order valence-electron chi connectivity index (χ2n) is 4.15. The topological polar surface area (TPSA) is 26.3 Å². The van der Waals surface area contributed by atoms with Crippen molar-refractivity contribution in [2.24, 2.45) is 0 Å². The number of carbonyl (C=O) groups is 1. The number of esters is 1. The van der Waals surface area contributed by atoms with E-state index in [9.17, 15) is 4.79 Å². The van der Waals surface area contributed by atoms with E-state index in [1.54, 1.807) is 6.08 Å². The third-order valence-electron chi connectivity index (χ3n) is 2.95. The Morgan fingerprint density at radius 1 is 1.32 bits per heavy atom. The van der Waals surface area contributed by atoms with Gasteiger partial charge in [-0.1, -0.05) is 61.2 Å². The zero-order valence-corrected chi connectivity index (χ0v) is 10.9. The van der Waals surface area contributed by atoms with Gasteiger partial charge in [0.05, 0.1) is 5.57 Å². The van der Waals surface area contributed by atoms with Gasteiger partial charge < -0.3 is 4.74 Å². The van der Waals surface area contributed by atoms with Gasteiger partial charge in [0, 0.05) is 5.57 Å². The summed E-state index contributed by atoms with van der Waals surface area (Å²) in [4.78, 5) is 11.9. The van der Waals surface area contributed by atoms with Gasteiger partial charge in [-0.15, -0.1) is 0 Å². The molecule has 1 aliphatic rings. The number of benzene rings is 1. The first-order chi connectivity index (χ1) is 9.27. The summed E-state index contributed by atoms with van der Waals surface area (Å²) < 4.78 is 5.17. The maximum atomic E-state index is 11.9. The zero-order valence-electron chi connectivity index (χ0n) is 10.9. The van der Waals surface area contributed by atoms with Gasteiger partial charge in [-0.05, 0) is 18.1 Å². The molecule has 1 heterocycles. The molecule has 0 bridgehead atoms. The van der Waals surface area contributed by atoms with Crippen LogP contribution in [0.3, 0.4) is 0 Å². The van der Waals surface area contributed by atoms with Gasteiger partial charge in [-0.2, -0.15) is 0 Å². The van der Waals surface area contributed by atoms with Gasteiger partial charge in [-0.25, -0.2) is 4.79 Å². The van der Waals surface area contributed by atoms with E-state index >= 15 is 0 Å². The van der Waals surface area contributed by atoms with Crippen LogP contribution in [0.4, 0.5) is 0 Å². The zero-order chi connectivity index (χ0) is 13.7. The fourth-order valence-corrected chi connectivity index (χ4v) is 2.02. The van der Waals surface area contributed by atoms with Gasteiger partial charge in [0.25, 0.3) is 0 Å². The third kappa shape index (κ3) is 2.74. The molecule has 0 spiro atoms. The van der Waals surface area contributed by atoms with Crippen molar-refractivity contribution in [1.82, 2.24) is 0 Å². The number of carbonyl (C=O) groups excluding carboxylic acids is 1. The summed E-state index contributed by atoms with van der Waals surface area (Å²) in [6.07, 6.45) is 7.35. The predicted molar refractivity (Wildman–Crippen MR) is 77.4 cm³/mol. The molecule has 0 atom stereocenters. The van der Waals surface area contributed by atoms with Crippen LogP contribution in [0.1, 0.15) is 12.5 Å². The molecule has 1 aliphatic heterocycles. The van der Waals surface area contributed by atoms with Crippen LogP contribution in [0.25, 0.3) is 5.57 Å². The summed E-state index contributed by atoms with van der Waals surface area (Å²) in [6.45, 7) is 6.02. The molecular formula is C17H16O2. The van der Waals surface area contributed by atoms with E-state index in [0.717, 1.165) is 16.7 Å².